The molecule has 0 radical (unpaired) electrons. The molecule has 2 bridgehead atoms. The van der Waals surface area contributed by atoms with Gasteiger partial charge in [-0.05, 0) is 85.7 Å². The predicted molar refractivity (Wildman–Crippen MR) is 173 cm³/mol. The zero-order valence-electron chi connectivity index (χ0n) is 26.4. The van der Waals surface area contributed by atoms with Gasteiger partial charge in [-0.3, -0.25) is 14.4 Å². The Morgan fingerprint density at radius 2 is 1.67 bits per heavy atom. The van der Waals surface area contributed by atoms with Crippen molar-refractivity contribution in [2.75, 3.05) is 23.8 Å². The van der Waals surface area contributed by atoms with Crippen molar-refractivity contribution in [3.63, 3.8) is 0 Å². The summed E-state index contributed by atoms with van der Waals surface area (Å²) in [6.45, 7) is 8.16. The van der Waals surface area contributed by atoms with Gasteiger partial charge in [0, 0.05) is 11.4 Å². The number of amides is 3. The fraction of sp³-hybridized carbons (Fsp3) is 0.472. The standard InChI is InChI=1S/C36H43N3O6/c1-5-35-17-18-36(45-35)30(29(35)32(41)37-25-13-15-28(16-14-25)44-6-2)34(43)39(27(21-40)19-22(3)4)31(36)33(42)38-26-12-11-23-9-7-8-10-24(23)20-26/h7-16,20,22,27,29-31,40H,5-6,17-19,21H2,1-4H3,(H,37,41)(H,38,42)/t27-,29-,30+,31?,35+,36?/m1/s1. The molecule has 0 saturated carbocycles. The maximum atomic E-state index is 14.6. The molecule has 6 rings (SSSR count). The third-order valence-corrected chi connectivity index (χ3v) is 9.95. The maximum Gasteiger partial charge on any atom is 0.250 e. The van der Waals surface area contributed by atoms with Crippen LogP contribution in [0.1, 0.15) is 53.4 Å². The molecule has 9 heteroatoms. The van der Waals surface area contributed by atoms with E-state index in [0.717, 1.165) is 10.8 Å². The highest BCUT2D eigenvalue weighted by Gasteiger charge is 2.79. The van der Waals surface area contributed by atoms with Gasteiger partial charge in [0.05, 0.1) is 36.7 Å². The van der Waals surface area contributed by atoms with Crippen LogP contribution in [-0.4, -0.2) is 64.2 Å². The van der Waals surface area contributed by atoms with Gasteiger partial charge in [0.15, 0.2) is 0 Å². The Labute approximate surface area is 264 Å². The molecule has 3 N–H and O–H groups in total. The van der Waals surface area contributed by atoms with E-state index >= 15 is 0 Å². The topological polar surface area (TPSA) is 117 Å². The van der Waals surface area contributed by atoms with Crippen LogP contribution in [0.4, 0.5) is 11.4 Å². The molecule has 45 heavy (non-hydrogen) atoms. The summed E-state index contributed by atoms with van der Waals surface area (Å²) in [6.07, 6.45) is 2.05. The Balaban J connectivity index is 1.37. The van der Waals surface area contributed by atoms with Crippen molar-refractivity contribution in [3.8, 4) is 5.75 Å². The SMILES string of the molecule is CCOc1ccc(NC(=O)[C@H]2[C@H]3C(=O)N([C@@H](CO)CC(C)C)C(C(=O)Nc4ccc5ccccc5c4)C34CC[C@]2(CC)O4)cc1. The third kappa shape index (κ3) is 5.25. The van der Waals surface area contributed by atoms with E-state index in [2.05, 4.69) is 10.6 Å². The van der Waals surface area contributed by atoms with Gasteiger partial charge < -0.3 is 30.1 Å². The highest BCUT2D eigenvalue weighted by molar-refractivity contribution is 6.06. The van der Waals surface area contributed by atoms with E-state index in [1.165, 1.54) is 0 Å². The largest absolute Gasteiger partial charge is 0.494 e. The van der Waals surface area contributed by atoms with Gasteiger partial charge in [-0.15, -0.1) is 0 Å². The van der Waals surface area contributed by atoms with E-state index in [1.807, 2.05) is 70.2 Å². The number of ether oxygens (including phenoxy) is 2. The molecule has 3 heterocycles. The number of carbonyl (C=O) groups is 3. The van der Waals surface area contributed by atoms with E-state index in [-0.39, 0.29) is 30.2 Å². The smallest absolute Gasteiger partial charge is 0.250 e. The third-order valence-electron chi connectivity index (χ3n) is 9.95. The van der Waals surface area contributed by atoms with Crippen molar-refractivity contribution in [2.45, 2.75) is 76.7 Å². The van der Waals surface area contributed by atoms with Crippen LogP contribution >= 0.6 is 0 Å². The quantitative estimate of drug-likeness (QED) is 0.268. The predicted octanol–water partition coefficient (Wildman–Crippen LogP) is 5.38. The number of likely N-dealkylation sites (tertiary alicyclic amines) is 1. The first-order valence-electron chi connectivity index (χ1n) is 16.1. The number of benzene rings is 3. The fourth-order valence-electron chi connectivity index (χ4n) is 8.07. The summed E-state index contributed by atoms with van der Waals surface area (Å²) in [4.78, 5) is 44.7. The summed E-state index contributed by atoms with van der Waals surface area (Å²) < 4.78 is 12.4. The Morgan fingerprint density at radius 3 is 2.33 bits per heavy atom. The molecule has 9 nitrogen and oxygen atoms in total. The van der Waals surface area contributed by atoms with Crippen molar-refractivity contribution in [1.82, 2.24) is 4.90 Å². The van der Waals surface area contributed by atoms with Crippen LogP contribution in [0.2, 0.25) is 0 Å². The number of nitrogens with one attached hydrogen (secondary N) is 2. The number of carbonyl (C=O) groups excluding carboxylic acids is 3. The first-order chi connectivity index (χ1) is 21.7. The summed E-state index contributed by atoms with van der Waals surface area (Å²) in [5.74, 6) is -1.78. The van der Waals surface area contributed by atoms with E-state index in [1.54, 1.807) is 29.2 Å². The van der Waals surface area contributed by atoms with Gasteiger partial charge in [-0.25, -0.2) is 0 Å². The molecule has 0 aromatic heterocycles. The lowest BCUT2D eigenvalue weighted by Gasteiger charge is -2.37. The average molecular weight is 614 g/mol. The second-order valence-corrected chi connectivity index (χ2v) is 13.0. The number of rotatable bonds is 11. The van der Waals surface area contributed by atoms with Crippen molar-refractivity contribution in [2.24, 2.45) is 17.8 Å². The normalized spacial score (nSPS) is 27.6. The van der Waals surface area contributed by atoms with Crippen LogP contribution in [0.3, 0.4) is 0 Å². The molecule has 6 atom stereocenters. The number of anilines is 2. The van der Waals surface area contributed by atoms with Crippen LogP contribution in [0.25, 0.3) is 10.8 Å². The van der Waals surface area contributed by atoms with E-state index in [4.69, 9.17) is 9.47 Å². The minimum absolute atomic E-state index is 0.162. The second kappa shape index (κ2) is 12.1. The fourth-order valence-corrected chi connectivity index (χ4v) is 8.07. The molecule has 238 valence electrons. The van der Waals surface area contributed by atoms with Crippen LogP contribution in [0.5, 0.6) is 5.75 Å². The molecule has 3 aliphatic heterocycles. The molecule has 2 unspecified atom stereocenters. The monoisotopic (exact) mass is 613 g/mol. The van der Waals surface area contributed by atoms with Gasteiger partial charge in [0.25, 0.3) is 0 Å². The zero-order chi connectivity index (χ0) is 31.9. The van der Waals surface area contributed by atoms with E-state index in [0.29, 0.717) is 49.4 Å². The Morgan fingerprint density at radius 1 is 0.978 bits per heavy atom. The number of fused-ring (bicyclic) bond motifs is 2. The lowest BCUT2D eigenvalue weighted by atomic mass is 9.65. The van der Waals surface area contributed by atoms with E-state index < -0.39 is 35.1 Å². The Bertz CT molecular complexity index is 1590. The number of hydrogen-bond acceptors (Lipinski definition) is 6. The highest BCUT2D eigenvalue weighted by Crippen LogP contribution is 2.64. The first kappa shape index (κ1) is 31.0. The molecule has 3 fully saturated rings. The summed E-state index contributed by atoms with van der Waals surface area (Å²) >= 11 is 0. The molecular formula is C36H43N3O6. The van der Waals surface area contributed by atoms with E-state index in [9.17, 15) is 19.5 Å². The molecule has 1 spiro atoms. The molecule has 3 aromatic carbocycles. The lowest BCUT2D eigenvalue weighted by Crippen LogP contribution is -2.56. The summed E-state index contributed by atoms with van der Waals surface area (Å²) in [6, 6.07) is 19.1. The molecule has 3 amide bonds. The minimum atomic E-state index is -1.20. The van der Waals surface area contributed by atoms with Gasteiger partial charge in [-0.1, -0.05) is 51.1 Å². The molecule has 3 aliphatic rings. The van der Waals surface area contributed by atoms with Gasteiger partial charge >= 0.3 is 0 Å². The molecule has 3 saturated heterocycles. The Kier molecular flexibility index (Phi) is 8.35. The average Bonchev–Trinajstić information content (AvgIpc) is 3.64. The maximum absolute atomic E-state index is 14.6. The summed E-state index contributed by atoms with van der Waals surface area (Å²) in [5.41, 5.74) is -0.875. The van der Waals surface area contributed by atoms with Crippen molar-refractivity contribution >= 4 is 39.9 Å². The number of nitrogens with zero attached hydrogens (tertiary/aromatic N) is 1. The van der Waals surface area contributed by atoms with Gasteiger partial charge in [0.2, 0.25) is 17.7 Å². The van der Waals surface area contributed by atoms with Gasteiger partial charge in [-0.2, -0.15) is 0 Å². The second-order valence-electron chi connectivity index (χ2n) is 13.0. The number of hydrogen-bond donors (Lipinski definition) is 3. The van der Waals surface area contributed by atoms with Crippen molar-refractivity contribution in [3.05, 3.63) is 66.7 Å². The summed E-state index contributed by atoms with van der Waals surface area (Å²) in [7, 11) is 0. The minimum Gasteiger partial charge on any atom is -0.494 e. The van der Waals surface area contributed by atoms with Crippen LogP contribution in [-0.2, 0) is 19.1 Å². The zero-order valence-corrected chi connectivity index (χ0v) is 26.4. The Hall–Kier alpha value is -3.95. The highest BCUT2D eigenvalue weighted by atomic mass is 16.5. The van der Waals surface area contributed by atoms with Crippen molar-refractivity contribution in [1.29, 1.82) is 0 Å². The van der Waals surface area contributed by atoms with Gasteiger partial charge in [0.1, 0.15) is 17.4 Å². The first-order valence-corrected chi connectivity index (χ1v) is 16.1. The molecule has 0 aliphatic carbocycles. The van der Waals surface area contributed by atoms with Crippen molar-refractivity contribution < 1.29 is 29.0 Å². The lowest BCUT2D eigenvalue weighted by molar-refractivity contribution is -0.148. The van der Waals surface area contributed by atoms with Crippen LogP contribution < -0.4 is 15.4 Å². The number of aliphatic hydroxyl groups excluding tert-OH is 1. The van der Waals surface area contributed by atoms with Crippen LogP contribution in [0, 0.1) is 17.8 Å². The molecular weight excluding hydrogens is 570 g/mol. The summed E-state index contributed by atoms with van der Waals surface area (Å²) in [5, 5.41) is 18.7. The van der Waals surface area contributed by atoms with Crippen LogP contribution in [0.15, 0.2) is 66.7 Å². The number of aliphatic hydroxyl groups is 1. The molecule has 3 aromatic rings.